The summed E-state index contributed by atoms with van der Waals surface area (Å²) in [4.78, 5) is 12.3. The zero-order valence-corrected chi connectivity index (χ0v) is 17.4. The Balaban J connectivity index is 1.51. The summed E-state index contributed by atoms with van der Waals surface area (Å²) in [6.07, 6.45) is 0. The van der Waals surface area contributed by atoms with Gasteiger partial charge in [-0.1, -0.05) is 0 Å². The van der Waals surface area contributed by atoms with Crippen molar-refractivity contribution < 1.29 is 9.53 Å². The first-order valence-corrected chi connectivity index (χ1v) is 9.50. The van der Waals surface area contributed by atoms with Crippen molar-refractivity contribution in [3.05, 3.63) is 57.8 Å². The van der Waals surface area contributed by atoms with Crippen LogP contribution in [-0.4, -0.2) is 46.1 Å². The van der Waals surface area contributed by atoms with Crippen LogP contribution in [0.15, 0.2) is 40.9 Å². The van der Waals surface area contributed by atoms with E-state index in [-0.39, 0.29) is 5.91 Å². The highest BCUT2D eigenvalue weighted by Crippen LogP contribution is 2.22. The molecule has 9 heteroatoms. The number of rotatable bonds is 7. The minimum absolute atomic E-state index is 0.182. The van der Waals surface area contributed by atoms with Crippen LogP contribution in [0.25, 0.3) is 5.82 Å². The molecule has 0 radical (unpaired) electrons. The normalized spacial score (nSPS) is 10.6. The summed E-state index contributed by atoms with van der Waals surface area (Å²) in [7, 11) is 1.57. The molecule has 0 fully saturated rings. The number of methoxy groups -OCH3 is 1. The molecule has 8 nitrogen and oxygen atoms in total. The van der Waals surface area contributed by atoms with Crippen LogP contribution in [0.3, 0.4) is 0 Å². The lowest BCUT2D eigenvalue weighted by atomic mass is 10.2. The van der Waals surface area contributed by atoms with Crippen molar-refractivity contribution in [2.45, 2.75) is 13.8 Å². The maximum Gasteiger partial charge on any atom is 0.252 e. The average Bonchev–Trinajstić information content (AvgIpc) is 3.04. The number of aromatic nitrogens is 4. The highest BCUT2D eigenvalue weighted by atomic mass is 79.9. The van der Waals surface area contributed by atoms with E-state index in [1.807, 2.05) is 32.0 Å². The van der Waals surface area contributed by atoms with E-state index in [0.717, 1.165) is 11.4 Å². The van der Waals surface area contributed by atoms with Crippen molar-refractivity contribution in [2.24, 2.45) is 0 Å². The SMILES string of the molecule is COc1ccc(Br)c(C(=O)NCCNc2ccc(-n3nc(C)cc3C)nn2)c1. The second-order valence-electron chi connectivity index (χ2n) is 6.14. The van der Waals surface area contributed by atoms with Crippen molar-refractivity contribution in [3.8, 4) is 11.6 Å². The van der Waals surface area contributed by atoms with Crippen molar-refractivity contribution in [3.63, 3.8) is 0 Å². The first-order chi connectivity index (χ1) is 13.5. The van der Waals surface area contributed by atoms with Crippen LogP contribution in [0.4, 0.5) is 5.82 Å². The number of anilines is 1. The van der Waals surface area contributed by atoms with E-state index in [0.29, 0.717) is 40.5 Å². The van der Waals surface area contributed by atoms with Gasteiger partial charge < -0.3 is 15.4 Å². The monoisotopic (exact) mass is 444 g/mol. The van der Waals surface area contributed by atoms with Gasteiger partial charge in [0.25, 0.3) is 5.91 Å². The number of carbonyl (C=O) groups excluding carboxylic acids is 1. The molecule has 146 valence electrons. The van der Waals surface area contributed by atoms with Crippen LogP contribution < -0.4 is 15.4 Å². The first kappa shape index (κ1) is 19.8. The zero-order valence-electron chi connectivity index (χ0n) is 15.9. The van der Waals surface area contributed by atoms with Gasteiger partial charge in [-0.05, 0) is 66.2 Å². The molecule has 0 atom stereocenters. The molecular formula is C19H21BrN6O2. The van der Waals surface area contributed by atoms with Gasteiger partial charge in [0, 0.05) is 23.3 Å². The molecule has 0 bridgehead atoms. The Bertz CT molecular complexity index is 971. The Morgan fingerprint density at radius 1 is 1.14 bits per heavy atom. The lowest BCUT2D eigenvalue weighted by Gasteiger charge is -2.10. The van der Waals surface area contributed by atoms with Gasteiger partial charge in [0.1, 0.15) is 11.6 Å². The molecule has 0 aliphatic heterocycles. The summed E-state index contributed by atoms with van der Waals surface area (Å²) in [6, 6.07) is 10.9. The minimum atomic E-state index is -0.182. The van der Waals surface area contributed by atoms with E-state index in [1.54, 1.807) is 30.0 Å². The number of amides is 1. The third-order valence-electron chi connectivity index (χ3n) is 4.01. The number of halogens is 1. The number of ether oxygens (including phenoxy) is 1. The fourth-order valence-corrected chi connectivity index (χ4v) is 3.09. The molecular weight excluding hydrogens is 424 g/mol. The van der Waals surface area contributed by atoms with Gasteiger partial charge in [0.05, 0.1) is 18.4 Å². The van der Waals surface area contributed by atoms with E-state index in [9.17, 15) is 4.79 Å². The lowest BCUT2D eigenvalue weighted by molar-refractivity contribution is 0.0954. The summed E-state index contributed by atoms with van der Waals surface area (Å²) in [5.74, 6) is 1.73. The molecule has 3 rings (SSSR count). The number of nitrogens with zero attached hydrogens (tertiary/aromatic N) is 4. The summed E-state index contributed by atoms with van der Waals surface area (Å²) < 4.78 is 7.62. The van der Waals surface area contributed by atoms with Crippen molar-refractivity contribution in [1.82, 2.24) is 25.3 Å². The minimum Gasteiger partial charge on any atom is -0.497 e. The van der Waals surface area contributed by atoms with Crippen molar-refractivity contribution in [1.29, 1.82) is 0 Å². The number of benzene rings is 1. The number of carbonyl (C=O) groups is 1. The molecule has 2 aromatic heterocycles. The molecule has 2 heterocycles. The van der Waals surface area contributed by atoms with Gasteiger partial charge >= 0.3 is 0 Å². The van der Waals surface area contributed by atoms with Crippen LogP contribution in [0.1, 0.15) is 21.7 Å². The highest BCUT2D eigenvalue weighted by molar-refractivity contribution is 9.10. The summed E-state index contributed by atoms with van der Waals surface area (Å²) in [5, 5.41) is 18.7. The molecule has 2 N–H and O–H groups in total. The quantitative estimate of drug-likeness (QED) is 0.544. The van der Waals surface area contributed by atoms with Gasteiger partial charge in [-0.25, -0.2) is 4.68 Å². The van der Waals surface area contributed by atoms with Gasteiger partial charge in [-0.2, -0.15) is 5.10 Å². The largest absolute Gasteiger partial charge is 0.497 e. The average molecular weight is 445 g/mol. The molecule has 0 aliphatic carbocycles. The Morgan fingerprint density at radius 3 is 2.61 bits per heavy atom. The second kappa shape index (κ2) is 8.83. The molecule has 1 amide bonds. The van der Waals surface area contributed by atoms with Crippen LogP contribution in [0.2, 0.25) is 0 Å². The van der Waals surface area contributed by atoms with Crippen LogP contribution in [0, 0.1) is 13.8 Å². The molecule has 0 spiro atoms. The van der Waals surface area contributed by atoms with E-state index in [4.69, 9.17) is 4.74 Å². The zero-order chi connectivity index (χ0) is 20.1. The van der Waals surface area contributed by atoms with E-state index in [1.165, 1.54) is 0 Å². The van der Waals surface area contributed by atoms with E-state index < -0.39 is 0 Å². The number of aryl methyl sites for hydroxylation is 2. The summed E-state index contributed by atoms with van der Waals surface area (Å²) in [5.41, 5.74) is 2.45. The Hall–Kier alpha value is -2.94. The maximum absolute atomic E-state index is 12.3. The Labute approximate surface area is 171 Å². The third-order valence-corrected chi connectivity index (χ3v) is 4.70. The van der Waals surface area contributed by atoms with Crippen LogP contribution >= 0.6 is 15.9 Å². The molecule has 0 aliphatic rings. The standard InChI is InChI=1S/C19H21BrN6O2/c1-12-10-13(2)26(25-12)18-7-6-17(23-24-18)21-8-9-22-19(27)15-11-14(28-3)4-5-16(15)20/h4-7,10-11H,8-9H2,1-3H3,(H,21,23)(H,22,27). The number of hydrogen-bond acceptors (Lipinski definition) is 6. The van der Waals surface area contributed by atoms with Gasteiger partial charge in [-0.3, -0.25) is 4.79 Å². The lowest BCUT2D eigenvalue weighted by Crippen LogP contribution is -2.29. The number of nitrogens with one attached hydrogen (secondary N) is 2. The van der Waals surface area contributed by atoms with E-state index in [2.05, 4.69) is 41.9 Å². The second-order valence-corrected chi connectivity index (χ2v) is 7.00. The fourth-order valence-electron chi connectivity index (χ4n) is 2.66. The maximum atomic E-state index is 12.3. The van der Waals surface area contributed by atoms with Crippen LogP contribution in [-0.2, 0) is 0 Å². The van der Waals surface area contributed by atoms with Crippen molar-refractivity contribution in [2.75, 3.05) is 25.5 Å². The van der Waals surface area contributed by atoms with E-state index >= 15 is 0 Å². The predicted molar refractivity (Wildman–Crippen MR) is 110 cm³/mol. The highest BCUT2D eigenvalue weighted by Gasteiger charge is 2.11. The smallest absolute Gasteiger partial charge is 0.252 e. The topological polar surface area (TPSA) is 94.0 Å². The van der Waals surface area contributed by atoms with Gasteiger partial charge in [0.15, 0.2) is 5.82 Å². The first-order valence-electron chi connectivity index (χ1n) is 8.71. The van der Waals surface area contributed by atoms with Gasteiger partial charge in [-0.15, -0.1) is 10.2 Å². The third kappa shape index (κ3) is 4.66. The molecule has 0 unspecified atom stereocenters. The van der Waals surface area contributed by atoms with Crippen molar-refractivity contribution >= 4 is 27.7 Å². The molecule has 3 aromatic rings. The Morgan fingerprint density at radius 2 is 1.96 bits per heavy atom. The summed E-state index contributed by atoms with van der Waals surface area (Å²) >= 11 is 3.38. The number of hydrogen-bond donors (Lipinski definition) is 2. The fraction of sp³-hybridized carbons (Fsp3) is 0.263. The van der Waals surface area contributed by atoms with Crippen LogP contribution in [0.5, 0.6) is 5.75 Å². The molecule has 0 saturated heterocycles. The Kier molecular flexibility index (Phi) is 6.25. The van der Waals surface area contributed by atoms with Gasteiger partial charge in [0.2, 0.25) is 0 Å². The summed E-state index contributed by atoms with van der Waals surface area (Å²) in [6.45, 7) is 4.85. The molecule has 0 saturated carbocycles. The molecule has 28 heavy (non-hydrogen) atoms. The predicted octanol–water partition coefficient (Wildman–Crippen LogP) is 2.89. The molecule has 1 aromatic carbocycles.